The molecule has 0 bridgehead atoms. The van der Waals surface area contributed by atoms with Crippen LogP contribution < -0.4 is 10.6 Å². The van der Waals surface area contributed by atoms with Crippen LogP contribution in [-0.2, 0) is 0 Å². The zero-order valence-electron chi connectivity index (χ0n) is 8.86. The molecular weight excluding hydrogens is 202 g/mol. The first-order valence-corrected chi connectivity index (χ1v) is 5.31. The highest BCUT2D eigenvalue weighted by Crippen LogP contribution is 2.05. The minimum absolute atomic E-state index is 0.0711. The highest BCUT2D eigenvalue weighted by molar-refractivity contribution is 5.94. The Labute approximate surface area is 94.3 Å². The number of carbonyl (C=O) groups is 1. The van der Waals surface area contributed by atoms with Crippen molar-refractivity contribution >= 4 is 5.91 Å². The molecule has 1 aliphatic heterocycles. The van der Waals surface area contributed by atoms with E-state index in [1.54, 1.807) is 24.3 Å². The molecule has 0 radical (unpaired) electrons. The van der Waals surface area contributed by atoms with Crippen molar-refractivity contribution in [2.45, 2.75) is 12.5 Å². The van der Waals surface area contributed by atoms with Gasteiger partial charge in [0, 0.05) is 18.2 Å². The molecule has 0 unspecified atom stereocenters. The lowest BCUT2D eigenvalue weighted by atomic mass is 10.1. The maximum Gasteiger partial charge on any atom is 0.251 e. The first kappa shape index (κ1) is 10.7. The second-order valence-corrected chi connectivity index (χ2v) is 3.85. The van der Waals surface area contributed by atoms with Crippen LogP contribution >= 0.6 is 0 Å². The summed E-state index contributed by atoms with van der Waals surface area (Å²) < 4.78 is 0. The summed E-state index contributed by atoms with van der Waals surface area (Å²) >= 11 is 0. The summed E-state index contributed by atoms with van der Waals surface area (Å²) in [5.74, 6) is -0.0711. The molecule has 82 valence electrons. The van der Waals surface area contributed by atoms with Crippen LogP contribution in [0.25, 0.3) is 0 Å². The van der Waals surface area contributed by atoms with Crippen LogP contribution in [0.4, 0.5) is 0 Å². The van der Waals surface area contributed by atoms with Crippen molar-refractivity contribution in [1.82, 2.24) is 10.6 Å². The molecule has 1 aliphatic rings. The van der Waals surface area contributed by atoms with Crippen molar-refractivity contribution in [2.24, 2.45) is 0 Å². The van der Waals surface area contributed by atoms with Crippen LogP contribution in [0, 0.1) is 11.3 Å². The van der Waals surface area contributed by atoms with E-state index in [1.165, 1.54) is 0 Å². The lowest BCUT2D eigenvalue weighted by Crippen LogP contribution is -2.36. The van der Waals surface area contributed by atoms with Crippen LogP contribution in [0.2, 0.25) is 0 Å². The molecule has 2 N–H and O–H groups in total. The van der Waals surface area contributed by atoms with Crippen LogP contribution in [0.1, 0.15) is 22.3 Å². The van der Waals surface area contributed by atoms with Gasteiger partial charge in [0.15, 0.2) is 0 Å². The average molecular weight is 215 g/mol. The fourth-order valence-electron chi connectivity index (χ4n) is 1.74. The number of benzene rings is 1. The molecule has 1 amide bonds. The van der Waals surface area contributed by atoms with Gasteiger partial charge in [-0.2, -0.15) is 5.26 Å². The maximum absolute atomic E-state index is 11.8. The fraction of sp³-hybridized carbons (Fsp3) is 0.333. The van der Waals surface area contributed by atoms with Crippen LogP contribution in [-0.4, -0.2) is 25.0 Å². The minimum atomic E-state index is -0.0711. The monoisotopic (exact) mass is 215 g/mol. The number of rotatable bonds is 2. The molecule has 1 fully saturated rings. The van der Waals surface area contributed by atoms with Crippen molar-refractivity contribution in [2.75, 3.05) is 13.1 Å². The van der Waals surface area contributed by atoms with E-state index >= 15 is 0 Å². The van der Waals surface area contributed by atoms with Gasteiger partial charge < -0.3 is 10.6 Å². The lowest BCUT2D eigenvalue weighted by Gasteiger charge is -2.10. The molecule has 0 saturated carbocycles. The molecule has 0 spiro atoms. The van der Waals surface area contributed by atoms with E-state index in [0.717, 1.165) is 19.5 Å². The van der Waals surface area contributed by atoms with E-state index < -0.39 is 0 Å². The summed E-state index contributed by atoms with van der Waals surface area (Å²) in [6, 6.07) is 8.91. The molecule has 1 aromatic carbocycles. The fourth-order valence-corrected chi connectivity index (χ4v) is 1.74. The van der Waals surface area contributed by atoms with E-state index in [4.69, 9.17) is 5.26 Å². The van der Waals surface area contributed by atoms with Gasteiger partial charge in [-0.15, -0.1) is 0 Å². The van der Waals surface area contributed by atoms with E-state index in [1.807, 2.05) is 6.07 Å². The zero-order valence-corrected chi connectivity index (χ0v) is 8.86. The van der Waals surface area contributed by atoms with Crippen LogP contribution in [0.15, 0.2) is 24.3 Å². The van der Waals surface area contributed by atoms with Gasteiger partial charge in [0.25, 0.3) is 5.91 Å². The zero-order chi connectivity index (χ0) is 11.4. The van der Waals surface area contributed by atoms with E-state index in [-0.39, 0.29) is 11.9 Å². The van der Waals surface area contributed by atoms with E-state index in [0.29, 0.717) is 11.1 Å². The Hall–Kier alpha value is -1.86. The normalized spacial score (nSPS) is 19.1. The third-order valence-corrected chi connectivity index (χ3v) is 2.67. The molecule has 1 saturated heterocycles. The van der Waals surface area contributed by atoms with E-state index in [2.05, 4.69) is 10.6 Å². The number of hydrogen-bond donors (Lipinski definition) is 2. The molecular formula is C12H13N3O. The quantitative estimate of drug-likeness (QED) is 0.761. The second kappa shape index (κ2) is 4.77. The Morgan fingerprint density at radius 1 is 1.44 bits per heavy atom. The molecule has 4 nitrogen and oxygen atoms in total. The number of nitriles is 1. The molecule has 1 aromatic rings. The molecule has 1 atom stereocenters. The Balaban J connectivity index is 2.00. The SMILES string of the molecule is N#Cc1ccc(C(=O)N[C@@H]2CCNC2)cc1. The molecule has 4 heteroatoms. The molecule has 16 heavy (non-hydrogen) atoms. The summed E-state index contributed by atoms with van der Waals surface area (Å²) in [6.45, 7) is 1.79. The number of nitrogens with one attached hydrogen (secondary N) is 2. The van der Waals surface area contributed by atoms with Crippen molar-refractivity contribution in [1.29, 1.82) is 5.26 Å². The number of hydrogen-bond acceptors (Lipinski definition) is 3. The second-order valence-electron chi connectivity index (χ2n) is 3.85. The molecule has 0 aromatic heterocycles. The van der Waals surface area contributed by atoms with Gasteiger partial charge in [-0.05, 0) is 37.2 Å². The lowest BCUT2D eigenvalue weighted by molar-refractivity contribution is 0.0940. The summed E-state index contributed by atoms with van der Waals surface area (Å²) in [5.41, 5.74) is 1.17. The molecule has 1 heterocycles. The number of amides is 1. The van der Waals surface area contributed by atoms with Gasteiger partial charge >= 0.3 is 0 Å². The third-order valence-electron chi connectivity index (χ3n) is 2.67. The predicted molar refractivity (Wildman–Crippen MR) is 59.9 cm³/mol. The smallest absolute Gasteiger partial charge is 0.251 e. The van der Waals surface area contributed by atoms with Crippen LogP contribution in [0.3, 0.4) is 0 Å². The van der Waals surface area contributed by atoms with Crippen molar-refractivity contribution < 1.29 is 4.79 Å². The molecule has 2 rings (SSSR count). The van der Waals surface area contributed by atoms with E-state index in [9.17, 15) is 4.79 Å². The van der Waals surface area contributed by atoms with Gasteiger partial charge in [0.05, 0.1) is 11.6 Å². The Kier molecular flexibility index (Phi) is 3.18. The van der Waals surface area contributed by atoms with Gasteiger partial charge in [-0.1, -0.05) is 0 Å². The van der Waals surface area contributed by atoms with Crippen molar-refractivity contribution in [3.05, 3.63) is 35.4 Å². The highest BCUT2D eigenvalue weighted by Gasteiger charge is 2.17. The summed E-state index contributed by atoms with van der Waals surface area (Å²) in [4.78, 5) is 11.8. The Bertz CT molecular complexity index is 413. The average Bonchev–Trinajstić information content (AvgIpc) is 2.82. The number of carbonyl (C=O) groups excluding carboxylic acids is 1. The van der Waals surface area contributed by atoms with Gasteiger partial charge in [0.1, 0.15) is 0 Å². The Morgan fingerprint density at radius 2 is 2.19 bits per heavy atom. The first-order chi connectivity index (χ1) is 7.79. The van der Waals surface area contributed by atoms with Gasteiger partial charge in [-0.3, -0.25) is 4.79 Å². The van der Waals surface area contributed by atoms with Crippen molar-refractivity contribution in [3.8, 4) is 6.07 Å². The summed E-state index contributed by atoms with van der Waals surface area (Å²) in [5, 5.41) is 14.8. The largest absolute Gasteiger partial charge is 0.348 e. The van der Waals surface area contributed by atoms with Gasteiger partial charge in [0.2, 0.25) is 0 Å². The maximum atomic E-state index is 11.8. The molecule has 0 aliphatic carbocycles. The standard InChI is InChI=1S/C12H13N3O/c13-7-9-1-3-10(4-2-9)12(16)15-11-5-6-14-8-11/h1-4,11,14H,5-6,8H2,(H,15,16)/t11-/m1/s1. The van der Waals surface area contributed by atoms with Crippen LogP contribution in [0.5, 0.6) is 0 Å². The summed E-state index contributed by atoms with van der Waals surface area (Å²) in [7, 11) is 0. The summed E-state index contributed by atoms with van der Waals surface area (Å²) in [6.07, 6.45) is 0.974. The Morgan fingerprint density at radius 3 is 2.75 bits per heavy atom. The first-order valence-electron chi connectivity index (χ1n) is 5.31. The predicted octanol–water partition coefficient (Wildman–Crippen LogP) is 0.650. The van der Waals surface area contributed by atoms with Crippen molar-refractivity contribution in [3.63, 3.8) is 0 Å². The minimum Gasteiger partial charge on any atom is -0.348 e. The third kappa shape index (κ3) is 2.38. The topological polar surface area (TPSA) is 64.9 Å². The number of nitrogens with zero attached hydrogens (tertiary/aromatic N) is 1. The van der Waals surface area contributed by atoms with Gasteiger partial charge in [-0.25, -0.2) is 0 Å². The highest BCUT2D eigenvalue weighted by atomic mass is 16.1.